The Kier molecular flexibility index (Phi) is 2.36. The highest BCUT2D eigenvalue weighted by molar-refractivity contribution is 5.85. The molecule has 0 aromatic rings. The van der Waals surface area contributed by atoms with E-state index in [1.807, 2.05) is 0 Å². The van der Waals surface area contributed by atoms with Gasteiger partial charge in [0, 0.05) is 0 Å². The minimum atomic E-state index is 0. The lowest BCUT2D eigenvalue weighted by Crippen LogP contribution is -2.39. The topological polar surface area (TPSA) is 26.0 Å². The summed E-state index contributed by atoms with van der Waals surface area (Å²) in [7, 11) is 0. The minimum absolute atomic E-state index is 0. The van der Waals surface area contributed by atoms with Gasteiger partial charge in [0.05, 0.1) is 0 Å². The molecule has 3 fully saturated rings. The Balaban J connectivity index is 0.000000653. The second-order valence-electron chi connectivity index (χ2n) is 5.21. The zero-order valence-electron chi connectivity index (χ0n) is 8.17. The van der Waals surface area contributed by atoms with E-state index in [2.05, 4.69) is 0 Å². The third-order valence-electron chi connectivity index (χ3n) is 5.13. The van der Waals surface area contributed by atoms with Crippen molar-refractivity contribution in [1.29, 1.82) is 0 Å². The normalized spacial score (nSPS) is 51.9. The van der Waals surface area contributed by atoms with Crippen LogP contribution < -0.4 is 5.73 Å². The summed E-state index contributed by atoms with van der Waals surface area (Å²) in [4.78, 5) is 0. The van der Waals surface area contributed by atoms with Crippen molar-refractivity contribution in [1.82, 2.24) is 0 Å². The molecule has 3 aliphatic carbocycles. The van der Waals surface area contributed by atoms with E-state index in [1.54, 1.807) is 0 Å². The van der Waals surface area contributed by atoms with E-state index in [0.717, 1.165) is 24.3 Å². The van der Waals surface area contributed by atoms with Crippen LogP contribution in [0.25, 0.3) is 0 Å². The molecule has 3 aliphatic rings. The first kappa shape index (κ1) is 9.79. The predicted octanol–water partition coefficient (Wildman–Crippen LogP) is 2.58. The van der Waals surface area contributed by atoms with Crippen molar-refractivity contribution in [2.75, 3.05) is 6.54 Å². The maximum atomic E-state index is 6.00. The number of rotatable bonds is 1. The van der Waals surface area contributed by atoms with Gasteiger partial charge in [-0.1, -0.05) is 6.42 Å². The van der Waals surface area contributed by atoms with Crippen LogP contribution in [0.5, 0.6) is 0 Å². The molecule has 2 N–H and O–H groups in total. The molecular weight excluding hydrogens is 182 g/mol. The third-order valence-corrected chi connectivity index (χ3v) is 5.13. The van der Waals surface area contributed by atoms with Crippen LogP contribution in [0.15, 0.2) is 0 Å². The minimum Gasteiger partial charge on any atom is -0.330 e. The van der Waals surface area contributed by atoms with Gasteiger partial charge in [-0.2, -0.15) is 0 Å². The van der Waals surface area contributed by atoms with Crippen molar-refractivity contribution in [3.8, 4) is 0 Å². The maximum Gasteiger partial charge on any atom is -0.00151 e. The van der Waals surface area contributed by atoms with Gasteiger partial charge in [0.1, 0.15) is 0 Å². The summed E-state index contributed by atoms with van der Waals surface area (Å²) in [6.45, 7) is 0.985. The smallest absolute Gasteiger partial charge is 0.00151 e. The first-order chi connectivity index (χ1) is 5.87. The Bertz CT molecular complexity index is 206. The van der Waals surface area contributed by atoms with Gasteiger partial charge >= 0.3 is 0 Å². The Labute approximate surface area is 86.9 Å². The van der Waals surface area contributed by atoms with Crippen LogP contribution in [0.2, 0.25) is 0 Å². The summed E-state index contributed by atoms with van der Waals surface area (Å²) in [5.41, 5.74) is 6.64. The van der Waals surface area contributed by atoms with Gasteiger partial charge < -0.3 is 5.73 Å². The first-order valence-electron chi connectivity index (χ1n) is 5.57. The molecule has 0 heterocycles. The van der Waals surface area contributed by atoms with E-state index in [-0.39, 0.29) is 12.4 Å². The van der Waals surface area contributed by atoms with Crippen molar-refractivity contribution in [2.24, 2.45) is 28.9 Å². The van der Waals surface area contributed by atoms with Crippen LogP contribution in [0, 0.1) is 23.2 Å². The molecule has 0 aromatic heterocycles. The van der Waals surface area contributed by atoms with Crippen LogP contribution in [-0.2, 0) is 0 Å². The molecule has 0 saturated heterocycles. The molecule has 4 unspecified atom stereocenters. The van der Waals surface area contributed by atoms with Gasteiger partial charge in [-0.05, 0) is 61.8 Å². The number of nitrogens with two attached hydrogens (primary N) is 1. The van der Waals surface area contributed by atoms with E-state index in [4.69, 9.17) is 5.73 Å². The average molecular weight is 202 g/mol. The van der Waals surface area contributed by atoms with Crippen LogP contribution in [0.4, 0.5) is 0 Å². The molecule has 0 radical (unpaired) electrons. The summed E-state index contributed by atoms with van der Waals surface area (Å²) < 4.78 is 0. The molecular formula is C11H20ClN. The molecule has 1 nitrogen and oxygen atoms in total. The number of hydrogen-bond donors (Lipinski definition) is 1. The summed E-state index contributed by atoms with van der Waals surface area (Å²) in [6, 6.07) is 0. The van der Waals surface area contributed by atoms with E-state index >= 15 is 0 Å². The monoisotopic (exact) mass is 201 g/mol. The van der Waals surface area contributed by atoms with E-state index in [1.165, 1.54) is 38.5 Å². The highest BCUT2D eigenvalue weighted by Crippen LogP contribution is 2.65. The molecule has 4 atom stereocenters. The lowest BCUT2D eigenvalue weighted by molar-refractivity contribution is 0.121. The van der Waals surface area contributed by atoms with Gasteiger partial charge in [-0.3, -0.25) is 0 Å². The van der Waals surface area contributed by atoms with E-state index in [0.29, 0.717) is 5.41 Å². The number of fused-ring (bicyclic) bond motifs is 5. The second kappa shape index (κ2) is 3.13. The Morgan fingerprint density at radius 1 is 1.23 bits per heavy atom. The van der Waals surface area contributed by atoms with Gasteiger partial charge in [0.15, 0.2) is 0 Å². The zero-order chi connectivity index (χ0) is 8.18. The quantitative estimate of drug-likeness (QED) is 0.694. The second-order valence-corrected chi connectivity index (χ2v) is 5.21. The van der Waals surface area contributed by atoms with Gasteiger partial charge in [-0.15, -0.1) is 12.4 Å². The first-order valence-corrected chi connectivity index (χ1v) is 5.57. The van der Waals surface area contributed by atoms with Gasteiger partial charge in [-0.25, -0.2) is 0 Å². The lowest BCUT2D eigenvalue weighted by atomic mass is 9.68. The SMILES string of the molecule is Cl.NCC12CCCC1C1CCC2C1. The zero-order valence-corrected chi connectivity index (χ0v) is 8.98. The largest absolute Gasteiger partial charge is 0.330 e. The van der Waals surface area contributed by atoms with Crippen LogP contribution in [0.1, 0.15) is 38.5 Å². The van der Waals surface area contributed by atoms with Crippen LogP contribution in [0.3, 0.4) is 0 Å². The Morgan fingerprint density at radius 3 is 2.77 bits per heavy atom. The molecule has 3 rings (SSSR count). The molecule has 0 aliphatic heterocycles. The fourth-order valence-electron chi connectivity index (χ4n) is 4.66. The Morgan fingerprint density at radius 2 is 2.08 bits per heavy atom. The summed E-state index contributed by atoms with van der Waals surface area (Å²) in [5, 5.41) is 0. The van der Waals surface area contributed by atoms with Gasteiger partial charge in [0.2, 0.25) is 0 Å². The molecule has 0 spiro atoms. The van der Waals surface area contributed by atoms with E-state index in [9.17, 15) is 0 Å². The summed E-state index contributed by atoms with van der Waals surface area (Å²) >= 11 is 0. The highest BCUT2D eigenvalue weighted by Gasteiger charge is 2.58. The van der Waals surface area contributed by atoms with Gasteiger partial charge in [0.25, 0.3) is 0 Å². The molecule has 0 aromatic carbocycles. The third kappa shape index (κ3) is 1.04. The van der Waals surface area contributed by atoms with Crippen molar-refractivity contribution in [2.45, 2.75) is 38.5 Å². The molecule has 2 bridgehead atoms. The number of hydrogen-bond acceptors (Lipinski definition) is 1. The van der Waals surface area contributed by atoms with Crippen molar-refractivity contribution in [3.63, 3.8) is 0 Å². The number of halogens is 1. The van der Waals surface area contributed by atoms with Crippen LogP contribution >= 0.6 is 12.4 Å². The molecule has 76 valence electrons. The Hall–Kier alpha value is 0.250. The molecule has 3 saturated carbocycles. The summed E-state index contributed by atoms with van der Waals surface area (Å²) in [6.07, 6.45) is 8.97. The standard InChI is InChI=1S/C11H19N.ClH/c12-7-11-5-1-2-10(11)8-3-4-9(11)6-8;/h8-10H,1-7,12H2;1H. The van der Waals surface area contributed by atoms with Crippen LogP contribution in [-0.4, -0.2) is 6.54 Å². The summed E-state index contributed by atoms with van der Waals surface area (Å²) in [5.74, 6) is 3.15. The molecule has 0 amide bonds. The predicted molar refractivity (Wildman–Crippen MR) is 56.9 cm³/mol. The fourth-order valence-corrected chi connectivity index (χ4v) is 4.66. The lowest BCUT2D eigenvalue weighted by Gasteiger charge is -2.38. The van der Waals surface area contributed by atoms with Crippen molar-refractivity contribution >= 4 is 12.4 Å². The molecule has 2 heteroatoms. The fraction of sp³-hybridized carbons (Fsp3) is 1.00. The van der Waals surface area contributed by atoms with Crippen molar-refractivity contribution < 1.29 is 0 Å². The average Bonchev–Trinajstić information content (AvgIpc) is 2.76. The molecule has 13 heavy (non-hydrogen) atoms. The maximum absolute atomic E-state index is 6.00. The van der Waals surface area contributed by atoms with Crippen molar-refractivity contribution in [3.05, 3.63) is 0 Å². The van der Waals surface area contributed by atoms with E-state index < -0.39 is 0 Å². The highest BCUT2D eigenvalue weighted by atomic mass is 35.5.